The quantitative estimate of drug-likeness (QED) is 0.587. The molecule has 7 heteroatoms. The minimum atomic E-state index is -1.19. The van der Waals surface area contributed by atoms with Crippen molar-refractivity contribution < 1.29 is 23.8 Å². The molecular weight excluding hydrogens is 300 g/mol. The minimum Gasteiger partial charge on any atom is -0.454 e. The highest BCUT2D eigenvalue weighted by Crippen LogP contribution is 2.34. The normalized spacial score (nSPS) is 12.8. The Morgan fingerprint density at radius 3 is 2.70 bits per heavy atom. The van der Waals surface area contributed by atoms with Crippen LogP contribution in [-0.2, 0) is 14.3 Å². The maximum atomic E-state index is 12.4. The van der Waals surface area contributed by atoms with Gasteiger partial charge in [-0.3, -0.25) is 9.59 Å². The molecule has 1 aliphatic rings. The fraction of sp³-hybridized carbons (Fsp3) is 0.500. The van der Waals surface area contributed by atoms with Gasteiger partial charge in [-0.1, -0.05) is 0 Å². The average molecular weight is 322 g/mol. The van der Waals surface area contributed by atoms with Crippen molar-refractivity contribution in [2.24, 2.45) is 5.41 Å². The molecule has 0 radical (unpaired) electrons. The molecule has 0 unspecified atom stereocenters. The lowest BCUT2D eigenvalue weighted by atomic mass is 9.91. The molecule has 0 spiro atoms. The van der Waals surface area contributed by atoms with Gasteiger partial charge in [-0.15, -0.1) is 0 Å². The van der Waals surface area contributed by atoms with Gasteiger partial charge < -0.3 is 24.8 Å². The summed E-state index contributed by atoms with van der Waals surface area (Å²) >= 11 is 0. The molecule has 126 valence electrons. The Kier molecular flexibility index (Phi) is 5.44. The van der Waals surface area contributed by atoms with Crippen molar-refractivity contribution in [2.75, 3.05) is 32.4 Å². The average Bonchev–Trinajstić information content (AvgIpc) is 2.98. The summed E-state index contributed by atoms with van der Waals surface area (Å²) in [5.41, 5.74) is -0.636. The van der Waals surface area contributed by atoms with Crippen LogP contribution < -0.4 is 20.1 Å². The van der Waals surface area contributed by atoms with Gasteiger partial charge in [0.1, 0.15) is 5.41 Å². The molecule has 1 aliphatic heterocycles. The Hall–Kier alpha value is -2.28. The van der Waals surface area contributed by atoms with Crippen LogP contribution in [0, 0.1) is 5.41 Å². The van der Waals surface area contributed by atoms with E-state index in [4.69, 9.17) is 14.2 Å². The van der Waals surface area contributed by atoms with Gasteiger partial charge in [0, 0.05) is 32.0 Å². The number of fused-ring (bicyclic) bond motifs is 1. The van der Waals surface area contributed by atoms with Gasteiger partial charge in [0.25, 0.3) is 0 Å². The van der Waals surface area contributed by atoms with Crippen molar-refractivity contribution >= 4 is 17.5 Å². The standard InChI is InChI=1S/C16H22N2O5/c1-16(2,14(19)17-7-4-8-21-3)15(20)18-11-5-6-12-13(9-11)23-10-22-12/h5-6,9H,4,7-8,10H2,1-3H3,(H,17,19)(H,18,20). The fourth-order valence-corrected chi connectivity index (χ4v) is 2.00. The van der Waals surface area contributed by atoms with Crippen LogP contribution in [0.25, 0.3) is 0 Å². The van der Waals surface area contributed by atoms with Crippen molar-refractivity contribution in [3.8, 4) is 11.5 Å². The third-order valence-electron chi connectivity index (χ3n) is 3.58. The fourth-order valence-electron chi connectivity index (χ4n) is 2.00. The highest BCUT2D eigenvalue weighted by atomic mass is 16.7. The zero-order chi connectivity index (χ0) is 16.9. The molecule has 2 amide bonds. The number of carbonyl (C=O) groups is 2. The van der Waals surface area contributed by atoms with Crippen LogP contribution in [0.3, 0.4) is 0 Å². The molecule has 1 heterocycles. The Morgan fingerprint density at radius 1 is 1.22 bits per heavy atom. The van der Waals surface area contributed by atoms with E-state index in [0.717, 1.165) is 0 Å². The van der Waals surface area contributed by atoms with E-state index in [1.807, 2.05) is 0 Å². The number of methoxy groups -OCH3 is 1. The Labute approximate surface area is 135 Å². The number of carbonyl (C=O) groups excluding carboxylic acids is 2. The number of nitrogens with one attached hydrogen (secondary N) is 2. The molecule has 0 atom stereocenters. The molecule has 1 aromatic rings. The number of benzene rings is 1. The summed E-state index contributed by atoms with van der Waals surface area (Å²) in [6.07, 6.45) is 0.697. The van der Waals surface area contributed by atoms with Gasteiger partial charge in [0.05, 0.1) is 0 Å². The topological polar surface area (TPSA) is 85.9 Å². The Balaban J connectivity index is 1.94. The maximum Gasteiger partial charge on any atom is 0.239 e. The smallest absolute Gasteiger partial charge is 0.239 e. The molecule has 2 rings (SSSR count). The molecule has 2 N–H and O–H groups in total. The SMILES string of the molecule is COCCCNC(=O)C(C)(C)C(=O)Nc1ccc2c(c1)OCO2. The summed E-state index contributed by atoms with van der Waals surface area (Å²) in [7, 11) is 1.60. The summed E-state index contributed by atoms with van der Waals surface area (Å²) in [4.78, 5) is 24.6. The summed E-state index contributed by atoms with van der Waals surface area (Å²) in [6.45, 7) is 4.36. The number of amides is 2. The molecule has 0 bridgehead atoms. The largest absolute Gasteiger partial charge is 0.454 e. The number of anilines is 1. The van der Waals surface area contributed by atoms with E-state index in [0.29, 0.717) is 36.8 Å². The molecule has 0 aromatic heterocycles. The second-order valence-corrected chi connectivity index (χ2v) is 5.75. The highest BCUT2D eigenvalue weighted by molar-refractivity contribution is 6.09. The van der Waals surface area contributed by atoms with Crippen LogP contribution >= 0.6 is 0 Å². The van der Waals surface area contributed by atoms with Gasteiger partial charge in [-0.25, -0.2) is 0 Å². The second kappa shape index (κ2) is 7.32. The summed E-state index contributed by atoms with van der Waals surface area (Å²) < 4.78 is 15.4. The number of rotatable bonds is 7. The van der Waals surface area contributed by atoms with Crippen LogP contribution in [0.5, 0.6) is 11.5 Å². The Morgan fingerprint density at radius 2 is 1.96 bits per heavy atom. The van der Waals surface area contributed by atoms with Crippen LogP contribution in [0.2, 0.25) is 0 Å². The second-order valence-electron chi connectivity index (χ2n) is 5.75. The first-order valence-corrected chi connectivity index (χ1v) is 7.43. The van der Waals surface area contributed by atoms with E-state index in [9.17, 15) is 9.59 Å². The monoisotopic (exact) mass is 322 g/mol. The molecule has 0 saturated carbocycles. The lowest BCUT2D eigenvalue weighted by Gasteiger charge is -2.22. The van der Waals surface area contributed by atoms with E-state index in [1.165, 1.54) is 0 Å². The van der Waals surface area contributed by atoms with Crippen LogP contribution in [-0.4, -0.2) is 38.9 Å². The van der Waals surface area contributed by atoms with E-state index >= 15 is 0 Å². The van der Waals surface area contributed by atoms with Crippen molar-refractivity contribution in [3.05, 3.63) is 18.2 Å². The first-order chi connectivity index (χ1) is 10.9. The number of hydrogen-bond acceptors (Lipinski definition) is 5. The molecule has 0 saturated heterocycles. The first kappa shape index (κ1) is 17.1. The third kappa shape index (κ3) is 4.13. The summed E-state index contributed by atoms with van der Waals surface area (Å²) in [5.74, 6) is 0.496. The molecule has 7 nitrogen and oxygen atoms in total. The van der Waals surface area contributed by atoms with E-state index in [1.54, 1.807) is 39.2 Å². The highest BCUT2D eigenvalue weighted by Gasteiger charge is 2.36. The lowest BCUT2D eigenvalue weighted by molar-refractivity contribution is -0.138. The van der Waals surface area contributed by atoms with E-state index in [-0.39, 0.29) is 18.6 Å². The van der Waals surface area contributed by atoms with Crippen LogP contribution in [0.1, 0.15) is 20.3 Å². The van der Waals surface area contributed by atoms with Gasteiger partial charge >= 0.3 is 0 Å². The summed E-state index contributed by atoms with van der Waals surface area (Å²) in [6, 6.07) is 5.10. The van der Waals surface area contributed by atoms with Crippen LogP contribution in [0.4, 0.5) is 5.69 Å². The minimum absolute atomic E-state index is 0.169. The zero-order valence-electron chi connectivity index (χ0n) is 13.6. The van der Waals surface area contributed by atoms with Gasteiger partial charge in [0.2, 0.25) is 18.6 Å². The molecule has 1 aromatic carbocycles. The van der Waals surface area contributed by atoms with Crippen molar-refractivity contribution in [1.82, 2.24) is 5.32 Å². The lowest BCUT2D eigenvalue weighted by Crippen LogP contribution is -2.45. The molecule has 0 fully saturated rings. The van der Waals surface area contributed by atoms with E-state index in [2.05, 4.69) is 10.6 Å². The van der Waals surface area contributed by atoms with Crippen molar-refractivity contribution in [2.45, 2.75) is 20.3 Å². The predicted molar refractivity (Wildman–Crippen MR) is 84.5 cm³/mol. The maximum absolute atomic E-state index is 12.4. The third-order valence-corrected chi connectivity index (χ3v) is 3.58. The number of hydrogen-bond donors (Lipinski definition) is 2. The van der Waals surface area contributed by atoms with Gasteiger partial charge in [-0.2, -0.15) is 0 Å². The van der Waals surface area contributed by atoms with Gasteiger partial charge in [0.15, 0.2) is 11.5 Å². The zero-order valence-corrected chi connectivity index (χ0v) is 13.6. The molecule has 0 aliphatic carbocycles. The van der Waals surface area contributed by atoms with Crippen molar-refractivity contribution in [1.29, 1.82) is 0 Å². The van der Waals surface area contributed by atoms with Crippen molar-refractivity contribution in [3.63, 3.8) is 0 Å². The van der Waals surface area contributed by atoms with Crippen LogP contribution in [0.15, 0.2) is 18.2 Å². The Bertz CT molecular complexity index is 586. The van der Waals surface area contributed by atoms with Gasteiger partial charge in [-0.05, 0) is 32.4 Å². The summed E-state index contributed by atoms with van der Waals surface area (Å²) in [5, 5.41) is 5.48. The first-order valence-electron chi connectivity index (χ1n) is 7.43. The number of ether oxygens (including phenoxy) is 3. The molecule has 23 heavy (non-hydrogen) atoms. The predicted octanol–water partition coefficient (Wildman–Crippen LogP) is 1.53. The molecular formula is C16H22N2O5. The van der Waals surface area contributed by atoms with E-state index < -0.39 is 5.41 Å².